The highest BCUT2D eigenvalue weighted by Gasteiger charge is 2.49. The Balaban J connectivity index is 2.35. The minimum Gasteiger partial charge on any atom is -0.465 e. The second kappa shape index (κ2) is 7.03. The number of hydrogen-bond acceptors (Lipinski definition) is 7. The van der Waals surface area contributed by atoms with Crippen LogP contribution in [-0.4, -0.2) is 70.6 Å². The first kappa shape index (κ1) is 17.3. The van der Waals surface area contributed by atoms with E-state index in [4.69, 9.17) is 4.74 Å². The minimum atomic E-state index is -0.752. The number of rotatable bonds is 4. The summed E-state index contributed by atoms with van der Waals surface area (Å²) in [6.45, 7) is 3.91. The Bertz CT molecular complexity index is 653. The highest BCUT2D eigenvalue weighted by atomic mass is 32.2. The minimum absolute atomic E-state index is 0.0576. The molecule has 124 valence electrons. The Morgan fingerprint density at radius 3 is 2.65 bits per heavy atom. The maximum Gasteiger partial charge on any atom is 0.445 e. The first-order valence-corrected chi connectivity index (χ1v) is 8.25. The van der Waals surface area contributed by atoms with Crippen molar-refractivity contribution >= 4 is 46.4 Å². The van der Waals surface area contributed by atoms with Gasteiger partial charge in [0.15, 0.2) is 5.92 Å². The molecule has 0 aliphatic carbocycles. The van der Waals surface area contributed by atoms with Crippen LogP contribution in [0.3, 0.4) is 0 Å². The third-order valence-electron chi connectivity index (χ3n) is 3.44. The number of amides is 3. The molecular formula is C14H19N4O4S+. The molecule has 23 heavy (non-hydrogen) atoms. The molecule has 0 spiro atoms. The summed E-state index contributed by atoms with van der Waals surface area (Å²) >= 11 is 1.15. The SMILES string of the molecule is CCOC(=O)CSC1=NC(CC)=NC2=[N+](C)C(=O)N(C)C(=O)C12. The summed E-state index contributed by atoms with van der Waals surface area (Å²) in [5.74, 6) is -0.573. The normalized spacial score (nSPS) is 21.0. The lowest BCUT2D eigenvalue weighted by Crippen LogP contribution is -2.54. The summed E-state index contributed by atoms with van der Waals surface area (Å²) < 4.78 is 6.25. The number of hydrogen-bond donors (Lipinski definition) is 0. The fraction of sp³-hybridized carbons (Fsp3) is 0.571. The van der Waals surface area contributed by atoms with Gasteiger partial charge in [0, 0.05) is 6.42 Å². The van der Waals surface area contributed by atoms with E-state index in [1.165, 1.54) is 11.6 Å². The number of fused-ring (bicyclic) bond motifs is 1. The summed E-state index contributed by atoms with van der Waals surface area (Å²) in [7, 11) is 2.99. The molecule has 1 unspecified atom stereocenters. The van der Waals surface area contributed by atoms with Gasteiger partial charge < -0.3 is 4.74 Å². The zero-order chi connectivity index (χ0) is 17.1. The van der Waals surface area contributed by atoms with E-state index < -0.39 is 17.9 Å². The lowest BCUT2D eigenvalue weighted by molar-refractivity contribution is -0.407. The van der Waals surface area contributed by atoms with Gasteiger partial charge >= 0.3 is 17.9 Å². The van der Waals surface area contributed by atoms with Gasteiger partial charge in [-0.25, -0.2) is 9.79 Å². The van der Waals surface area contributed by atoms with E-state index in [0.29, 0.717) is 29.7 Å². The topological polar surface area (TPSA) is 91.4 Å². The molecule has 2 rings (SSSR count). The number of thioether (sulfide) groups is 1. The molecule has 1 atom stereocenters. The van der Waals surface area contributed by atoms with Crippen molar-refractivity contribution in [3.05, 3.63) is 0 Å². The van der Waals surface area contributed by atoms with Crippen molar-refractivity contribution in [2.75, 3.05) is 26.5 Å². The third-order valence-corrected chi connectivity index (χ3v) is 4.45. The summed E-state index contributed by atoms with van der Waals surface area (Å²) in [6, 6.07) is -0.433. The second-order valence-electron chi connectivity index (χ2n) is 4.96. The maximum absolute atomic E-state index is 12.5. The van der Waals surface area contributed by atoms with Crippen LogP contribution in [0.1, 0.15) is 20.3 Å². The highest BCUT2D eigenvalue weighted by molar-refractivity contribution is 8.14. The van der Waals surface area contributed by atoms with Crippen LogP contribution in [-0.2, 0) is 14.3 Å². The Morgan fingerprint density at radius 2 is 2.04 bits per heavy atom. The molecule has 2 aliphatic rings. The van der Waals surface area contributed by atoms with Crippen LogP contribution in [0, 0.1) is 5.92 Å². The van der Waals surface area contributed by atoms with E-state index in [1.54, 1.807) is 14.0 Å². The quantitative estimate of drug-likeness (QED) is 0.557. The van der Waals surface area contributed by atoms with Crippen molar-refractivity contribution in [2.45, 2.75) is 20.3 Å². The Morgan fingerprint density at radius 1 is 1.35 bits per heavy atom. The van der Waals surface area contributed by atoms with Gasteiger partial charge in [-0.15, -0.1) is 0 Å². The number of carbonyl (C=O) groups excluding carboxylic acids is 3. The molecule has 9 heteroatoms. The molecular weight excluding hydrogens is 320 g/mol. The number of nitrogens with zero attached hydrogens (tertiary/aromatic N) is 4. The van der Waals surface area contributed by atoms with Crippen LogP contribution in [0.15, 0.2) is 9.98 Å². The lowest BCUT2D eigenvalue weighted by Gasteiger charge is -2.26. The standard InChI is InChI=1S/C14H19N4O4S/c1-5-8-15-11-10(13(20)18(4)14(21)17(11)3)12(16-8)23-7-9(19)22-6-2/h10H,5-7H2,1-4H3/q+1. The van der Waals surface area contributed by atoms with Gasteiger partial charge in [0.25, 0.3) is 5.84 Å². The molecule has 8 nitrogen and oxygen atoms in total. The number of imide groups is 1. The van der Waals surface area contributed by atoms with Crippen LogP contribution < -0.4 is 0 Å². The number of carbonyl (C=O) groups is 3. The van der Waals surface area contributed by atoms with Crippen molar-refractivity contribution in [3.8, 4) is 0 Å². The summed E-state index contributed by atoms with van der Waals surface area (Å²) in [5, 5.41) is 0.469. The molecule has 0 fully saturated rings. The third kappa shape index (κ3) is 3.34. The van der Waals surface area contributed by atoms with Crippen molar-refractivity contribution in [3.63, 3.8) is 0 Å². The molecule has 0 aromatic rings. The number of aliphatic imine (C=N–C) groups is 2. The first-order chi connectivity index (χ1) is 10.9. The fourth-order valence-corrected chi connectivity index (χ4v) is 3.12. The van der Waals surface area contributed by atoms with Gasteiger partial charge in [-0.2, -0.15) is 9.48 Å². The number of urea groups is 1. The predicted octanol–water partition coefficient (Wildman–Crippen LogP) is 0.752. The van der Waals surface area contributed by atoms with E-state index in [1.807, 2.05) is 6.92 Å². The van der Waals surface area contributed by atoms with Gasteiger partial charge in [0.05, 0.1) is 26.5 Å². The number of ether oxygens (including phenoxy) is 1. The zero-order valence-corrected chi connectivity index (χ0v) is 14.3. The fourth-order valence-electron chi connectivity index (χ4n) is 2.23. The van der Waals surface area contributed by atoms with Crippen LogP contribution in [0.4, 0.5) is 4.79 Å². The molecule has 3 amide bonds. The molecule has 0 saturated heterocycles. The van der Waals surface area contributed by atoms with Crippen molar-refractivity contribution in [1.82, 2.24) is 4.90 Å². The van der Waals surface area contributed by atoms with E-state index in [-0.39, 0.29) is 11.7 Å². The zero-order valence-electron chi connectivity index (χ0n) is 13.5. The smallest absolute Gasteiger partial charge is 0.445 e. The van der Waals surface area contributed by atoms with Gasteiger partial charge in [-0.3, -0.25) is 9.59 Å². The largest absolute Gasteiger partial charge is 0.465 e. The van der Waals surface area contributed by atoms with Gasteiger partial charge in [-0.1, -0.05) is 23.7 Å². The van der Waals surface area contributed by atoms with Crippen molar-refractivity contribution in [2.24, 2.45) is 15.9 Å². The highest BCUT2D eigenvalue weighted by Crippen LogP contribution is 2.25. The average Bonchev–Trinajstić information content (AvgIpc) is 2.55. The maximum atomic E-state index is 12.5. The van der Waals surface area contributed by atoms with Gasteiger partial charge in [0.2, 0.25) is 5.84 Å². The Labute approximate surface area is 138 Å². The van der Waals surface area contributed by atoms with Crippen LogP contribution in [0.2, 0.25) is 0 Å². The van der Waals surface area contributed by atoms with E-state index >= 15 is 0 Å². The lowest BCUT2D eigenvalue weighted by atomic mass is 10.0. The Kier molecular flexibility index (Phi) is 5.30. The van der Waals surface area contributed by atoms with Crippen molar-refractivity contribution in [1.29, 1.82) is 0 Å². The second-order valence-corrected chi connectivity index (χ2v) is 5.95. The molecule has 0 radical (unpaired) electrons. The monoisotopic (exact) mass is 339 g/mol. The molecule has 2 heterocycles. The summed E-state index contributed by atoms with van der Waals surface area (Å²) in [6.07, 6.45) is 0.561. The van der Waals surface area contributed by atoms with Crippen LogP contribution >= 0.6 is 11.8 Å². The average molecular weight is 339 g/mol. The molecule has 0 aromatic heterocycles. The van der Waals surface area contributed by atoms with Crippen LogP contribution in [0.25, 0.3) is 0 Å². The number of amidine groups is 2. The van der Waals surface area contributed by atoms with E-state index in [0.717, 1.165) is 16.7 Å². The molecule has 0 bridgehead atoms. The first-order valence-electron chi connectivity index (χ1n) is 7.27. The Hall–Kier alpha value is -2.03. The summed E-state index contributed by atoms with van der Waals surface area (Å²) in [4.78, 5) is 45.8. The molecule has 0 N–H and O–H groups in total. The molecule has 0 aromatic carbocycles. The number of esters is 1. The van der Waals surface area contributed by atoms with Crippen molar-refractivity contribution < 1.29 is 23.7 Å². The van der Waals surface area contributed by atoms with Gasteiger partial charge in [-0.05, 0) is 6.92 Å². The van der Waals surface area contributed by atoms with Crippen LogP contribution in [0.5, 0.6) is 0 Å². The molecule has 0 saturated carbocycles. The van der Waals surface area contributed by atoms with Gasteiger partial charge in [0.1, 0.15) is 5.04 Å². The summed E-state index contributed by atoms with van der Waals surface area (Å²) in [5.41, 5.74) is 0. The van der Waals surface area contributed by atoms with E-state index in [9.17, 15) is 14.4 Å². The van der Waals surface area contributed by atoms with E-state index in [2.05, 4.69) is 9.98 Å². The predicted molar refractivity (Wildman–Crippen MR) is 87.1 cm³/mol. The molecule has 2 aliphatic heterocycles.